The SMILES string of the molecule is CCc1nnc(NC2CCCCC2C)nc1CC. The van der Waals surface area contributed by atoms with Crippen LogP contribution in [0.3, 0.4) is 0 Å². The molecule has 0 aromatic carbocycles. The average Bonchev–Trinajstić information content (AvgIpc) is 2.41. The minimum Gasteiger partial charge on any atom is -0.350 e. The van der Waals surface area contributed by atoms with E-state index in [9.17, 15) is 0 Å². The molecule has 2 unspecified atom stereocenters. The first-order valence-corrected chi connectivity index (χ1v) is 7.23. The lowest BCUT2D eigenvalue weighted by atomic mass is 9.86. The first-order valence-electron chi connectivity index (χ1n) is 7.23. The van der Waals surface area contributed by atoms with Gasteiger partial charge in [-0.25, -0.2) is 4.98 Å². The maximum absolute atomic E-state index is 4.61. The molecule has 100 valence electrons. The van der Waals surface area contributed by atoms with Crippen LogP contribution in [0.4, 0.5) is 5.95 Å². The third-order valence-electron chi connectivity index (χ3n) is 3.94. The third kappa shape index (κ3) is 2.98. The van der Waals surface area contributed by atoms with Crippen molar-refractivity contribution in [2.24, 2.45) is 5.92 Å². The topological polar surface area (TPSA) is 50.7 Å². The first-order chi connectivity index (χ1) is 8.74. The average molecular weight is 248 g/mol. The van der Waals surface area contributed by atoms with Crippen LogP contribution < -0.4 is 5.32 Å². The van der Waals surface area contributed by atoms with Gasteiger partial charge in [-0.1, -0.05) is 33.6 Å². The van der Waals surface area contributed by atoms with E-state index in [2.05, 4.69) is 41.3 Å². The van der Waals surface area contributed by atoms with Crippen LogP contribution in [0.2, 0.25) is 0 Å². The second-order valence-corrected chi connectivity index (χ2v) is 5.25. The molecular formula is C14H24N4. The van der Waals surface area contributed by atoms with Gasteiger partial charge in [0.05, 0.1) is 11.4 Å². The van der Waals surface area contributed by atoms with E-state index in [0.717, 1.165) is 24.2 Å². The normalized spacial score (nSPS) is 23.9. The standard InChI is InChI=1S/C14H24N4/c1-4-11-12(5-2)17-18-14(15-11)16-13-9-7-6-8-10(13)3/h10,13H,4-9H2,1-3H3,(H,15,16,18). The van der Waals surface area contributed by atoms with Gasteiger partial charge >= 0.3 is 0 Å². The molecule has 0 radical (unpaired) electrons. The summed E-state index contributed by atoms with van der Waals surface area (Å²) in [4.78, 5) is 4.61. The van der Waals surface area contributed by atoms with Crippen LogP contribution in [-0.2, 0) is 12.8 Å². The number of hydrogen-bond acceptors (Lipinski definition) is 4. The minimum atomic E-state index is 0.512. The van der Waals surface area contributed by atoms with Crippen molar-refractivity contribution >= 4 is 5.95 Å². The highest BCUT2D eigenvalue weighted by molar-refractivity contribution is 5.27. The van der Waals surface area contributed by atoms with Crippen LogP contribution in [0, 0.1) is 5.92 Å². The highest BCUT2D eigenvalue weighted by Gasteiger charge is 2.22. The van der Waals surface area contributed by atoms with Crippen molar-refractivity contribution in [3.8, 4) is 0 Å². The summed E-state index contributed by atoms with van der Waals surface area (Å²) in [7, 11) is 0. The molecule has 4 nitrogen and oxygen atoms in total. The van der Waals surface area contributed by atoms with Crippen molar-refractivity contribution in [3.05, 3.63) is 11.4 Å². The smallest absolute Gasteiger partial charge is 0.243 e. The van der Waals surface area contributed by atoms with Crippen molar-refractivity contribution < 1.29 is 0 Å². The molecule has 0 aliphatic heterocycles. The van der Waals surface area contributed by atoms with Crippen molar-refractivity contribution in [2.75, 3.05) is 5.32 Å². The van der Waals surface area contributed by atoms with E-state index in [4.69, 9.17) is 0 Å². The molecule has 0 amide bonds. The van der Waals surface area contributed by atoms with Crippen LogP contribution in [-0.4, -0.2) is 21.2 Å². The number of anilines is 1. The molecule has 1 aromatic rings. The van der Waals surface area contributed by atoms with E-state index in [1.54, 1.807) is 0 Å². The van der Waals surface area contributed by atoms with Crippen molar-refractivity contribution in [1.29, 1.82) is 0 Å². The Balaban J connectivity index is 2.08. The summed E-state index contributed by atoms with van der Waals surface area (Å²) in [5.41, 5.74) is 2.11. The summed E-state index contributed by atoms with van der Waals surface area (Å²) in [6.45, 7) is 6.53. The fraction of sp³-hybridized carbons (Fsp3) is 0.786. The molecular weight excluding hydrogens is 224 g/mol. The van der Waals surface area contributed by atoms with Crippen molar-refractivity contribution in [3.63, 3.8) is 0 Å². The van der Waals surface area contributed by atoms with Gasteiger partial charge in [0, 0.05) is 6.04 Å². The molecule has 2 rings (SSSR count). The number of aryl methyl sites for hydroxylation is 2. The Morgan fingerprint density at radius 3 is 2.44 bits per heavy atom. The van der Waals surface area contributed by atoms with Gasteiger partial charge in [0.15, 0.2) is 0 Å². The van der Waals surface area contributed by atoms with Gasteiger partial charge in [-0.3, -0.25) is 0 Å². The molecule has 2 atom stereocenters. The largest absolute Gasteiger partial charge is 0.350 e. The summed E-state index contributed by atoms with van der Waals surface area (Å²) >= 11 is 0. The van der Waals surface area contributed by atoms with E-state index in [0.29, 0.717) is 17.9 Å². The van der Waals surface area contributed by atoms with Crippen LogP contribution in [0.15, 0.2) is 0 Å². The quantitative estimate of drug-likeness (QED) is 0.890. The Bertz CT molecular complexity index is 391. The van der Waals surface area contributed by atoms with Gasteiger partial charge in [0.25, 0.3) is 0 Å². The zero-order valence-corrected chi connectivity index (χ0v) is 11.7. The van der Waals surface area contributed by atoms with E-state index < -0.39 is 0 Å². The molecule has 1 saturated carbocycles. The summed E-state index contributed by atoms with van der Waals surface area (Å²) in [6.07, 6.45) is 7.02. The Hall–Kier alpha value is -1.19. The van der Waals surface area contributed by atoms with Gasteiger partial charge in [-0.2, -0.15) is 5.10 Å². The highest BCUT2D eigenvalue weighted by Crippen LogP contribution is 2.25. The van der Waals surface area contributed by atoms with Crippen molar-refractivity contribution in [1.82, 2.24) is 15.2 Å². The lowest BCUT2D eigenvalue weighted by Crippen LogP contribution is -2.31. The molecule has 1 N–H and O–H groups in total. The number of nitrogens with zero attached hydrogens (tertiary/aromatic N) is 3. The fourth-order valence-corrected chi connectivity index (χ4v) is 2.70. The predicted molar refractivity (Wildman–Crippen MR) is 73.6 cm³/mol. The lowest BCUT2D eigenvalue weighted by Gasteiger charge is -2.29. The van der Waals surface area contributed by atoms with E-state index in [1.807, 2.05) is 0 Å². The van der Waals surface area contributed by atoms with Crippen LogP contribution in [0.25, 0.3) is 0 Å². The summed E-state index contributed by atoms with van der Waals surface area (Å²) < 4.78 is 0. The highest BCUT2D eigenvalue weighted by atomic mass is 15.2. The molecule has 18 heavy (non-hydrogen) atoms. The Morgan fingerprint density at radius 2 is 1.78 bits per heavy atom. The zero-order chi connectivity index (χ0) is 13.0. The summed E-state index contributed by atoms with van der Waals surface area (Å²) in [5.74, 6) is 1.42. The molecule has 1 fully saturated rings. The molecule has 4 heteroatoms. The van der Waals surface area contributed by atoms with E-state index in [-0.39, 0.29) is 0 Å². The Morgan fingerprint density at radius 1 is 1.06 bits per heavy atom. The van der Waals surface area contributed by atoms with Crippen LogP contribution in [0.5, 0.6) is 0 Å². The van der Waals surface area contributed by atoms with Crippen LogP contribution >= 0.6 is 0 Å². The van der Waals surface area contributed by atoms with E-state index in [1.165, 1.54) is 25.7 Å². The molecule has 0 spiro atoms. The Kier molecular flexibility index (Phi) is 4.50. The van der Waals surface area contributed by atoms with Crippen LogP contribution in [0.1, 0.15) is 57.8 Å². The molecule has 0 bridgehead atoms. The zero-order valence-electron chi connectivity index (χ0n) is 11.7. The second kappa shape index (κ2) is 6.12. The second-order valence-electron chi connectivity index (χ2n) is 5.25. The minimum absolute atomic E-state index is 0.512. The van der Waals surface area contributed by atoms with E-state index >= 15 is 0 Å². The number of nitrogens with one attached hydrogen (secondary N) is 1. The molecule has 1 heterocycles. The maximum Gasteiger partial charge on any atom is 0.243 e. The van der Waals surface area contributed by atoms with Gasteiger partial charge in [-0.05, 0) is 31.6 Å². The molecule has 1 aliphatic carbocycles. The Labute approximate surface area is 110 Å². The van der Waals surface area contributed by atoms with Gasteiger partial charge in [0.2, 0.25) is 5.95 Å². The van der Waals surface area contributed by atoms with Gasteiger partial charge in [-0.15, -0.1) is 5.10 Å². The summed E-state index contributed by atoms with van der Waals surface area (Å²) in [5, 5.41) is 12.0. The predicted octanol–water partition coefficient (Wildman–Crippen LogP) is 2.99. The maximum atomic E-state index is 4.61. The lowest BCUT2D eigenvalue weighted by molar-refractivity contribution is 0.348. The van der Waals surface area contributed by atoms with Gasteiger partial charge in [0.1, 0.15) is 0 Å². The summed E-state index contributed by atoms with van der Waals surface area (Å²) in [6, 6.07) is 0.512. The molecule has 1 aromatic heterocycles. The van der Waals surface area contributed by atoms with Crippen molar-refractivity contribution in [2.45, 2.75) is 65.3 Å². The third-order valence-corrected chi connectivity index (χ3v) is 3.94. The number of hydrogen-bond donors (Lipinski definition) is 1. The van der Waals surface area contributed by atoms with Gasteiger partial charge < -0.3 is 5.32 Å². The monoisotopic (exact) mass is 248 g/mol. The molecule has 0 saturated heterocycles. The first kappa shape index (κ1) is 13.2. The number of rotatable bonds is 4. The number of aromatic nitrogens is 3. The molecule has 1 aliphatic rings. The fourth-order valence-electron chi connectivity index (χ4n) is 2.70.